The number of aryl methyl sites for hydroxylation is 1. The van der Waals surface area contributed by atoms with Gasteiger partial charge in [-0.1, -0.05) is 32.4 Å². The molecule has 1 N–H and O–H groups in total. The molecule has 2 atom stereocenters. The highest BCUT2D eigenvalue weighted by Gasteiger charge is 2.21. The Morgan fingerprint density at radius 2 is 2.20 bits per heavy atom. The molecule has 1 aromatic carbocycles. The summed E-state index contributed by atoms with van der Waals surface area (Å²) < 4.78 is 5.87. The SMILES string of the molecule is CC[C@@H]1CCCCN1CCCNC(=O)[C@@H](CC)Oc1cccc(C)c1. The monoisotopic (exact) mass is 346 g/mol. The molecule has 1 fully saturated rings. The maximum absolute atomic E-state index is 12.4. The number of rotatable bonds is 9. The third-order valence-corrected chi connectivity index (χ3v) is 5.07. The first-order valence-corrected chi connectivity index (χ1v) is 9.89. The van der Waals surface area contributed by atoms with Crippen molar-refractivity contribution >= 4 is 5.91 Å². The molecule has 0 unspecified atom stereocenters. The van der Waals surface area contributed by atoms with Crippen LogP contribution in [0.1, 0.15) is 57.9 Å². The van der Waals surface area contributed by atoms with Gasteiger partial charge in [0.15, 0.2) is 6.10 Å². The maximum atomic E-state index is 12.4. The summed E-state index contributed by atoms with van der Waals surface area (Å²) in [6.45, 7) is 9.30. The van der Waals surface area contributed by atoms with E-state index in [2.05, 4.69) is 17.1 Å². The number of hydrogen-bond acceptors (Lipinski definition) is 3. The molecule has 4 nitrogen and oxygen atoms in total. The molecule has 0 spiro atoms. The van der Waals surface area contributed by atoms with E-state index in [1.165, 1.54) is 32.2 Å². The van der Waals surface area contributed by atoms with Gasteiger partial charge in [-0.05, 0) is 63.3 Å². The first-order chi connectivity index (χ1) is 12.1. The third-order valence-electron chi connectivity index (χ3n) is 5.07. The van der Waals surface area contributed by atoms with Gasteiger partial charge in [-0.25, -0.2) is 0 Å². The molecular formula is C21H34N2O2. The first kappa shape index (κ1) is 19.8. The number of piperidine rings is 1. The van der Waals surface area contributed by atoms with Crippen LogP contribution in [0, 0.1) is 6.92 Å². The van der Waals surface area contributed by atoms with Crippen LogP contribution in [0.15, 0.2) is 24.3 Å². The molecule has 1 aliphatic rings. The molecule has 140 valence electrons. The summed E-state index contributed by atoms with van der Waals surface area (Å²) in [4.78, 5) is 15.0. The molecule has 0 saturated carbocycles. The van der Waals surface area contributed by atoms with Gasteiger partial charge in [0, 0.05) is 19.1 Å². The average Bonchev–Trinajstić information content (AvgIpc) is 2.63. The molecule has 0 radical (unpaired) electrons. The van der Waals surface area contributed by atoms with Gasteiger partial charge < -0.3 is 15.0 Å². The molecule has 0 aromatic heterocycles. The van der Waals surface area contributed by atoms with Crippen molar-refractivity contribution in [1.29, 1.82) is 0 Å². The molecule has 1 saturated heterocycles. The van der Waals surface area contributed by atoms with E-state index in [9.17, 15) is 4.79 Å². The Balaban J connectivity index is 1.72. The molecule has 0 bridgehead atoms. The Kier molecular flexibility index (Phi) is 8.26. The van der Waals surface area contributed by atoms with Crippen molar-refractivity contribution in [1.82, 2.24) is 10.2 Å². The van der Waals surface area contributed by atoms with E-state index in [4.69, 9.17) is 4.74 Å². The fourth-order valence-corrected chi connectivity index (χ4v) is 3.60. The van der Waals surface area contributed by atoms with E-state index in [1.807, 2.05) is 38.1 Å². The lowest BCUT2D eigenvalue weighted by Gasteiger charge is -2.35. The number of ether oxygens (including phenoxy) is 1. The number of nitrogens with zero attached hydrogens (tertiary/aromatic N) is 1. The number of benzene rings is 1. The minimum absolute atomic E-state index is 0.00491. The van der Waals surface area contributed by atoms with Gasteiger partial charge in [0.05, 0.1) is 0 Å². The summed E-state index contributed by atoms with van der Waals surface area (Å²) in [5.74, 6) is 0.760. The summed E-state index contributed by atoms with van der Waals surface area (Å²) >= 11 is 0. The van der Waals surface area contributed by atoms with Crippen molar-refractivity contribution in [3.8, 4) is 5.75 Å². The van der Waals surface area contributed by atoms with Crippen molar-refractivity contribution in [3.63, 3.8) is 0 Å². The molecule has 0 aliphatic carbocycles. The maximum Gasteiger partial charge on any atom is 0.261 e. The average molecular weight is 347 g/mol. The quantitative estimate of drug-likeness (QED) is 0.689. The molecule has 25 heavy (non-hydrogen) atoms. The highest BCUT2D eigenvalue weighted by Crippen LogP contribution is 2.19. The van der Waals surface area contributed by atoms with E-state index in [0.29, 0.717) is 6.42 Å². The fourth-order valence-electron chi connectivity index (χ4n) is 3.60. The summed E-state index contributed by atoms with van der Waals surface area (Å²) in [6, 6.07) is 8.59. The second kappa shape index (κ2) is 10.4. The summed E-state index contributed by atoms with van der Waals surface area (Å²) in [7, 11) is 0. The first-order valence-electron chi connectivity index (χ1n) is 9.89. The number of amides is 1. The number of carbonyl (C=O) groups is 1. The number of nitrogens with one attached hydrogen (secondary N) is 1. The number of likely N-dealkylation sites (tertiary alicyclic amines) is 1. The minimum Gasteiger partial charge on any atom is -0.481 e. The van der Waals surface area contributed by atoms with E-state index >= 15 is 0 Å². The Labute approximate surface area is 152 Å². The van der Waals surface area contributed by atoms with Crippen LogP contribution in [0.4, 0.5) is 0 Å². The van der Waals surface area contributed by atoms with Gasteiger partial charge in [-0.15, -0.1) is 0 Å². The van der Waals surface area contributed by atoms with Crippen LogP contribution in [0.5, 0.6) is 5.75 Å². The van der Waals surface area contributed by atoms with Crippen LogP contribution in [0.3, 0.4) is 0 Å². The van der Waals surface area contributed by atoms with Gasteiger partial charge in [0.2, 0.25) is 0 Å². The fraction of sp³-hybridized carbons (Fsp3) is 0.667. The van der Waals surface area contributed by atoms with Crippen LogP contribution in [0.2, 0.25) is 0 Å². The largest absolute Gasteiger partial charge is 0.481 e. The predicted molar refractivity (Wildman–Crippen MR) is 103 cm³/mol. The van der Waals surface area contributed by atoms with Crippen LogP contribution in [-0.2, 0) is 4.79 Å². The molecule has 1 aliphatic heterocycles. The second-order valence-corrected chi connectivity index (χ2v) is 7.07. The van der Waals surface area contributed by atoms with E-state index in [-0.39, 0.29) is 5.91 Å². The number of carbonyl (C=O) groups excluding carboxylic acids is 1. The van der Waals surface area contributed by atoms with Gasteiger partial charge >= 0.3 is 0 Å². The van der Waals surface area contributed by atoms with Crippen molar-refractivity contribution in [2.24, 2.45) is 0 Å². The number of hydrogen-bond donors (Lipinski definition) is 1. The van der Waals surface area contributed by atoms with Gasteiger partial charge in [0.1, 0.15) is 5.75 Å². The lowest BCUT2D eigenvalue weighted by atomic mass is 10.00. The second-order valence-electron chi connectivity index (χ2n) is 7.07. The highest BCUT2D eigenvalue weighted by molar-refractivity contribution is 5.81. The van der Waals surface area contributed by atoms with Crippen molar-refractivity contribution in [3.05, 3.63) is 29.8 Å². The van der Waals surface area contributed by atoms with Gasteiger partial charge in [-0.3, -0.25) is 4.79 Å². The van der Waals surface area contributed by atoms with Crippen LogP contribution < -0.4 is 10.1 Å². The topological polar surface area (TPSA) is 41.6 Å². The lowest BCUT2D eigenvalue weighted by Crippen LogP contribution is -2.42. The zero-order valence-electron chi connectivity index (χ0n) is 16.1. The molecule has 1 heterocycles. The zero-order valence-corrected chi connectivity index (χ0v) is 16.1. The molecule has 2 rings (SSSR count). The van der Waals surface area contributed by atoms with Crippen molar-refractivity contribution in [2.45, 2.75) is 71.4 Å². The smallest absolute Gasteiger partial charge is 0.261 e. The lowest BCUT2D eigenvalue weighted by molar-refractivity contribution is -0.128. The van der Waals surface area contributed by atoms with Crippen LogP contribution in [-0.4, -0.2) is 42.6 Å². The zero-order chi connectivity index (χ0) is 18.1. The van der Waals surface area contributed by atoms with E-state index in [1.54, 1.807) is 0 Å². The van der Waals surface area contributed by atoms with Crippen LogP contribution in [0.25, 0.3) is 0 Å². The van der Waals surface area contributed by atoms with Crippen LogP contribution >= 0.6 is 0 Å². The van der Waals surface area contributed by atoms with Crippen molar-refractivity contribution < 1.29 is 9.53 Å². The normalized spacial score (nSPS) is 19.4. The Hall–Kier alpha value is -1.55. The minimum atomic E-state index is -0.417. The predicted octanol–water partition coefficient (Wildman–Crippen LogP) is 3.92. The summed E-state index contributed by atoms with van der Waals surface area (Å²) in [5.41, 5.74) is 1.14. The Morgan fingerprint density at radius 1 is 1.36 bits per heavy atom. The van der Waals surface area contributed by atoms with Gasteiger partial charge in [0.25, 0.3) is 5.91 Å². The summed E-state index contributed by atoms with van der Waals surface area (Å²) in [6.07, 6.45) is 6.48. The molecule has 1 aromatic rings. The Morgan fingerprint density at radius 3 is 2.92 bits per heavy atom. The summed E-state index contributed by atoms with van der Waals surface area (Å²) in [5, 5.41) is 3.05. The molecule has 1 amide bonds. The van der Waals surface area contributed by atoms with E-state index in [0.717, 1.165) is 36.9 Å². The van der Waals surface area contributed by atoms with Crippen molar-refractivity contribution in [2.75, 3.05) is 19.6 Å². The Bertz CT molecular complexity index is 532. The standard InChI is InChI=1S/C21H34N2O2/c1-4-18-11-6-7-14-23(18)15-9-13-22-21(24)20(5-2)25-19-12-8-10-17(3)16-19/h8,10,12,16,18,20H,4-7,9,11,13-15H2,1-3H3,(H,22,24)/t18-,20-/m1/s1. The molecular weight excluding hydrogens is 312 g/mol. The van der Waals surface area contributed by atoms with Gasteiger partial charge in [-0.2, -0.15) is 0 Å². The highest BCUT2D eigenvalue weighted by atomic mass is 16.5. The third kappa shape index (κ3) is 6.35. The molecule has 4 heteroatoms. The van der Waals surface area contributed by atoms with E-state index < -0.39 is 6.10 Å².